The average molecular weight is 355 g/mol. The standard InChI is InChI=1S/C19H19ClN4O/c20-16-4-2-6-18(12-16)23-7-9-24(10-8-23)19(25)14-22-17-5-1-3-15(11-17)13-21/h1-6,11-12,22H,7-10,14H2. The van der Waals surface area contributed by atoms with E-state index in [4.69, 9.17) is 16.9 Å². The highest BCUT2D eigenvalue weighted by molar-refractivity contribution is 6.30. The summed E-state index contributed by atoms with van der Waals surface area (Å²) in [5, 5.41) is 12.7. The molecule has 1 aliphatic rings. The molecule has 6 heteroatoms. The van der Waals surface area contributed by atoms with Gasteiger partial charge in [0.2, 0.25) is 5.91 Å². The van der Waals surface area contributed by atoms with Crippen LogP contribution in [0.5, 0.6) is 0 Å². The largest absolute Gasteiger partial charge is 0.376 e. The lowest BCUT2D eigenvalue weighted by Gasteiger charge is -2.36. The van der Waals surface area contributed by atoms with Crippen molar-refractivity contribution in [3.63, 3.8) is 0 Å². The first-order chi connectivity index (χ1) is 12.2. The molecule has 1 amide bonds. The van der Waals surface area contributed by atoms with E-state index in [1.54, 1.807) is 18.2 Å². The molecule has 1 N–H and O–H groups in total. The maximum Gasteiger partial charge on any atom is 0.241 e. The van der Waals surface area contributed by atoms with E-state index in [2.05, 4.69) is 16.3 Å². The van der Waals surface area contributed by atoms with Crippen molar-refractivity contribution >= 4 is 28.9 Å². The zero-order valence-electron chi connectivity index (χ0n) is 13.8. The summed E-state index contributed by atoms with van der Waals surface area (Å²) in [6, 6.07) is 17.0. The van der Waals surface area contributed by atoms with E-state index >= 15 is 0 Å². The van der Waals surface area contributed by atoms with Crippen molar-refractivity contribution in [2.75, 3.05) is 42.9 Å². The van der Waals surface area contributed by atoms with Crippen LogP contribution in [0.4, 0.5) is 11.4 Å². The van der Waals surface area contributed by atoms with Crippen LogP contribution in [0.25, 0.3) is 0 Å². The monoisotopic (exact) mass is 354 g/mol. The third-order valence-electron chi connectivity index (χ3n) is 4.24. The summed E-state index contributed by atoms with van der Waals surface area (Å²) in [5.74, 6) is 0.0631. The number of hydrogen-bond donors (Lipinski definition) is 1. The number of anilines is 2. The van der Waals surface area contributed by atoms with Crippen LogP contribution in [0.1, 0.15) is 5.56 Å². The van der Waals surface area contributed by atoms with Crippen molar-refractivity contribution in [3.8, 4) is 6.07 Å². The highest BCUT2D eigenvalue weighted by Gasteiger charge is 2.21. The maximum atomic E-state index is 12.4. The Morgan fingerprint density at radius 3 is 2.60 bits per heavy atom. The molecule has 0 saturated carbocycles. The topological polar surface area (TPSA) is 59.4 Å². The van der Waals surface area contributed by atoms with Gasteiger partial charge in [-0.1, -0.05) is 23.7 Å². The molecule has 0 spiro atoms. The minimum atomic E-state index is 0.0631. The normalized spacial score (nSPS) is 14.1. The minimum Gasteiger partial charge on any atom is -0.376 e. The summed E-state index contributed by atoms with van der Waals surface area (Å²) in [6.07, 6.45) is 0. The first-order valence-corrected chi connectivity index (χ1v) is 8.56. The first kappa shape index (κ1) is 17.1. The molecule has 5 nitrogen and oxygen atoms in total. The summed E-state index contributed by atoms with van der Waals surface area (Å²) < 4.78 is 0. The van der Waals surface area contributed by atoms with E-state index in [0.29, 0.717) is 18.7 Å². The Morgan fingerprint density at radius 2 is 1.88 bits per heavy atom. The lowest BCUT2D eigenvalue weighted by molar-refractivity contribution is -0.129. The van der Waals surface area contributed by atoms with E-state index in [-0.39, 0.29) is 12.5 Å². The van der Waals surface area contributed by atoms with Gasteiger partial charge in [-0.15, -0.1) is 0 Å². The smallest absolute Gasteiger partial charge is 0.241 e. The summed E-state index contributed by atoms with van der Waals surface area (Å²) in [7, 11) is 0. The van der Waals surface area contributed by atoms with Gasteiger partial charge >= 0.3 is 0 Å². The van der Waals surface area contributed by atoms with Crippen molar-refractivity contribution in [2.45, 2.75) is 0 Å². The first-order valence-electron chi connectivity index (χ1n) is 8.18. The second kappa shape index (κ2) is 7.91. The van der Waals surface area contributed by atoms with E-state index in [0.717, 1.165) is 29.5 Å². The molecule has 2 aromatic carbocycles. The van der Waals surface area contributed by atoms with Crippen LogP contribution in [0.15, 0.2) is 48.5 Å². The van der Waals surface area contributed by atoms with E-state index in [9.17, 15) is 4.79 Å². The SMILES string of the molecule is N#Cc1cccc(NCC(=O)N2CCN(c3cccc(Cl)c3)CC2)c1. The van der Waals surface area contributed by atoms with Crippen molar-refractivity contribution in [1.29, 1.82) is 5.26 Å². The van der Waals surface area contributed by atoms with Gasteiger partial charge in [-0.05, 0) is 36.4 Å². The number of nitrogens with one attached hydrogen (secondary N) is 1. The highest BCUT2D eigenvalue weighted by Crippen LogP contribution is 2.20. The van der Waals surface area contributed by atoms with Gasteiger partial charge in [-0.2, -0.15) is 5.26 Å². The number of carbonyl (C=O) groups is 1. The summed E-state index contributed by atoms with van der Waals surface area (Å²) in [6.45, 7) is 3.18. The van der Waals surface area contributed by atoms with Gasteiger partial charge < -0.3 is 15.1 Å². The molecule has 1 aliphatic heterocycles. The fourth-order valence-electron chi connectivity index (χ4n) is 2.88. The van der Waals surface area contributed by atoms with Crippen molar-refractivity contribution < 1.29 is 4.79 Å². The number of nitriles is 1. The molecule has 1 fully saturated rings. The second-order valence-electron chi connectivity index (χ2n) is 5.89. The van der Waals surface area contributed by atoms with Gasteiger partial charge in [0.1, 0.15) is 0 Å². The summed E-state index contributed by atoms with van der Waals surface area (Å²) >= 11 is 6.04. The number of halogens is 1. The quantitative estimate of drug-likeness (QED) is 0.917. The van der Waals surface area contributed by atoms with Crippen LogP contribution in [0.3, 0.4) is 0 Å². The minimum absolute atomic E-state index is 0.0631. The third kappa shape index (κ3) is 4.43. The molecule has 0 bridgehead atoms. The lowest BCUT2D eigenvalue weighted by Crippen LogP contribution is -2.50. The van der Waals surface area contributed by atoms with Crippen LogP contribution >= 0.6 is 11.6 Å². The molecule has 2 aromatic rings. The Kier molecular flexibility index (Phi) is 5.42. The summed E-state index contributed by atoms with van der Waals surface area (Å²) in [4.78, 5) is 16.5. The Bertz CT molecular complexity index is 794. The summed E-state index contributed by atoms with van der Waals surface area (Å²) in [5.41, 5.74) is 2.45. The predicted molar refractivity (Wildman–Crippen MR) is 99.9 cm³/mol. The van der Waals surface area contributed by atoms with Gasteiger partial charge in [-0.25, -0.2) is 0 Å². The number of hydrogen-bond acceptors (Lipinski definition) is 4. The number of nitrogens with zero attached hydrogens (tertiary/aromatic N) is 3. The molecule has 1 heterocycles. The predicted octanol–water partition coefficient (Wildman–Crippen LogP) is 2.97. The molecular formula is C19H19ClN4O. The fraction of sp³-hybridized carbons (Fsp3) is 0.263. The molecule has 0 atom stereocenters. The number of amides is 1. The van der Waals surface area contributed by atoms with Crippen molar-refractivity contribution in [1.82, 2.24) is 4.90 Å². The lowest BCUT2D eigenvalue weighted by atomic mass is 10.2. The molecule has 0 unspecified atom stereocenters. The maximum absolute atomic E-state index is 12.4. The molecular weight excluding hydrogens is 336 g/mol. The highest BCUT2D eigenvalue weighted by atomic mass is 35.5. The van der Waals surface area contributed by atoms with E-state index < -0.39 is 0 Å². The third-order valence-corrected chi connectivity index (χ3v) is 4.48. The fourth-order valence-corrected chi connectivity index (χ4v) is 3.06. The number of carbonyl (C=O) groups excluding carboxylic acids is 1. The Labute approximate surface area is 152 Å². The average Bonchev–Trinajstić information content (AvgIpc) is 2.66. The number of rotatable bonds is 4. The zero-order chi connectivity index (χ0) is 17.6. The van der Waals surface area contributed by atoms with Gasteiger partial charge in [0, 0.05) is 42.6 Å². The van der Waals surface area contributed by atoms with Crippen LogP contribution in [-0.2, 0) is 4.79 Å². The molecule has 0 aliphatic carbocycles. The number of piperazine rings is 1. The van der Waals surface area contributed by atoms with Crippen molar-refractivity contribution in [2.24, 2.45) is 0 Å². The molecule has 0 aromatic heterocycles. The van der Waals surface area contributed by atoms with Gasteiger partial charge in [-0.3, -0.25) is 4.79 Å². The molecule has 128 valence electrons. The van der Waals surface area contributed by atoms with Crippen LogP contribution < -0.4 is 10.2 Å². The van der Waals surface area contributed by atoms with Crippen LogP contribution in [0, 0.1) is 11.3 Å². The van der Waals surface area contributed by atoms with Crippen LogP contribution in [0.2, 0.25) is 5.02 Å². The zero-order valence-corrected chi connectivity index (χ0v) is 14.5. The molecule has 25 heavy (non-hydrogen) atoms. The van der Waals surface area contributed by atoms with E-state index in [1.165, 1.54) is 0 Å². The van der Waals surface area contributed by atoms with E-state index in [1.807, 2.05) is 35.2 Å². The Balaban J connectivity index is 1.50. The van der Waals surface area contributed by atoms with Gasteiger partial charge in [0.25, 0.3) is 0 Å². The second-order valence-corrected chi connectivity index (χ2v) is 6.33. The molecule has 1 saturated heterocycles. The molecule has 3 rings (SSSR count). The molecule has 0 radical (unpaired) electrons. The van der Waals surface area contributed by atoms with Gasteiger partial charge in [0.05, 0.1) is 18.2 Å². The number of benzene rings is 2. The Hall–Kier alpha value is -2.71. The Morgan fingerprint density at radius 1 is 1.12 bits per heavy atom. The van der Waals surface area contributed by atoms with Crippen LogP contribution in [-0.4, -0.2) is 43.5 Å². The van der Waals surface area contributed by atoms with Gasteiger partial charge in [0.15, 0.2) is 0 Å². The van der Waals surface area contributed by atoms with Crippen molar-refractivity contribution in [3.05, 3.63) is 59.1 Å².